The van der Waals surface area contributed by atoms with Crippen molar-refractivity contribution in [2.24, 2.45) is 0 Å². The highest BCUT2D eigenvalue weighted by molar-refractivity contribution is 5.90. The molecular weight excluding hydrogens is 312 g/mol. The molecule has 7 heteroatoms. The zero-order valence-corrected chi connectivity index (χ0v) is 13.2. The van der Waals surface area contributed by atoms with Gasteiger partial charge in [0.1, 0.15) is 18.1 Å². The molecule has 0 spiro atoms. The number of nitrogens with one attached hydrogen (secondary N) is 2. The van der Waals surface area contributed by atoms with Gasteiger partial charge in [-0.25, -0.2) is 4.79 Å². The van der Waals surface area contributed by atoms with Crippen molar-refractivity contribution >= 4 is 11.7 Å². The first-order valence-electron chi connectivity index (χ1n) is 7.46. The van der Waals surface area contributed by atoms with Gasteiger partial charge in [0.2, 0.25) is 6.79 Å². The third kappa shape index (κ3) is 3.81. The molecule has 24 heavy (non-hydrogen) atoms. The van der Waals surface area contributed by atoms with E-state index in [1.54, 1.807) is 37.4 Å². The zero-order chi connectivity index (χ0) is 16.8. The number of methoxy groups -OCH3 is 1. The number of rotatable bonds is 6. The molecule has 7 nitrogen and oxygen atoms in total. The van der Waals surface area contributed by atoms with Crippen LogP contribution < -0.4 is 29.6 Å². The molecule has 0 bridgehead atoms. The Hall–Kier alpha value is -3.09. The van der Waals surface area contributed by atoms with Gasteiger partial charge in [0.15, 0.2) is 11.5 Å². The van der Waals surface area contributed by atoms with Gasteiger partial charge >= 0.3 is 6.03 Å². The number of anilines is 1. The van der Waals surface area contributed by atoms with E-state index in [9.17, 15) is 4.79 Å². The van der Waals surface area contributed by atoms with Gasteiger partial charge in [-0.1, -0.05) is 12.1 Å². The van der Waals surface area contributed by atoms with Crippen LogP contribution in [0.25, 0.3) is 0 Å². The first-order chi connectivity index (χ1) is 11.8. The van der Waals surface area contributed by atoms with E-state index in [-0.39, 0.29) is 12.8 Å². The smallest absolute Gasteiger partial charge is 0.319 e. The fraction of sp³-hybridized carbons (Fsp3) is 0.235. The van der Waals surface area contributed by atoms with Crippen LogP contribution in [0.2, 0.25) is 0 Å². The molecule has 0 aromatic heterocycles. The summed E-state index contributed by atoms with van der Waals surface area (Å²) in [5, 5.41) is 5.45. The second-order valence-electron chi connectivity index (χ2n) is 4.94. The van der Waals surface area contributed by atoms with Crippen LogP contribution in [-0.2, 0) is 0 Å². The standard InChI is InChI=1S/C17H18N2O5/c1-21-14-5-3-2-4-13(14)19-17(20)18-8-9-22-12-6-7-15-16(10-12)24-11-23-15/h2-7,10H,8-9,11H2,1H3,(H2,18,19,20). The molecule has 2 aromatic carbocycles. The molecule has 0 aliphatic carbocycles. The van der Waals surface area contributed by atoms with E-state index in [1.165, 1.54) is 0 Å². The van der Waals surface area contributed by atoms with Crippen molar-refractivity contribution < 1.29 is 23.7 Å². The van der Waals surface area contributed by atoms with Crippen molar-refractivity contribution in [3.63, 3.8) is 0 Å². The fourth-order valence-corrected chi connectivity index (χ4v) is 2.21. The summed E-state index contributed by atoms with van der Waals surface area (Å²) >= 11 is 0. The van der Waals surface area contributed by atoms with E-state index in [4.69, 9.17) is 18.9 Å². The molecule has 2 amide bonds. The van der Waals surface area contributed by atoms with Crippen LogP contribution in [0.3, 0.4) is 0 Å². The van der Waals surface area contributed by atoms with Crippen LogP contribution in [0.5, 0.6) is 23.0 Å². The lowest BCUT2D eigenvalue weighted by Crippen LogP contribution is -2.32. The first-order valence-corrected chi connectivity index (χ1v) is 7.46. The number of carbonyl (C=O) groups is 1. The van der Waals surface area contributed by atoms with Gasteiger partial charge in [0.25, 0.3) is 0 Å². The number of hydrogen-bond acceptors (Lipinski definition) is 5. The average Bonchev–Trinajstić information content (AvgIpc) is 3.07. The minimum Gasteiger partial charge on any atom is -0.495 e. The summed E-state index contributed by atoms with van der Waals surface area (Å²) in [5.41, 5.74) is 0.606. The van der Waals surface area contributed by atoms with Crippen molar-refractivity contribution in [2.75, 3.05) is 32.4 Å². The molecular formula is C17H18N2O5. The molecule has 1 heterocycles. The molecule has 126 valence electrons. The number of ether oxygens (including phenoxy) is 4. The van der Waals surface area contributed by atoms with Crippen molar-refractivity contribution in [1.82, 2.24) is 5.32 Å². The van der Waals surface area contributed by atoms with Crippen LogP contribution >= 0.6 is 0 Å². The minimum atomic E-state index is -0.325. The van der Waals surface area contributed by atoms with Crippen LogP contribution in [0.4, 0.5) is 10.5 Å². The number of para-hydroxylation sites is 2. The Kier molecular flexibility index (Phi) is 4.90. The average molecular weight is 330 g/mol. The SMILES string of the molecule is COc1ccccc1NC(=O)NCCOc1ccc2c(c1)OCO2. The predicted octanol–water partition coefficient (Wildman–Crippen LogP) is 2.62. The lowest BCUT2D eigenvalue weighted by molar-refractivity contribution is 0.173. The number of carbonyl (C=O) groups excluding carboxylic acids is 1. The lowest BCUT2D eigenvalue weighted by atomic mass is 10.3. The summed E-state index contributed by atoms with van der Waals surface area (Å²) in [6.45, 7) is 0.915. The number of urea groups is 1. The normalized spacial score (nSPS) is 11.7. The number of benzene rings is 2. The van der Waals surface area contributed by atoms with Crippen molar-refractivity contribution in [3.05, 3.63) is 42.5 Å². The maximum Gasteiger partial charge on any atom is 0.319 e. The highest BCUT2D eigenvalue weighted by Crippen LogP contribution is 2.34. The van der Waals surface area contributed by atoms with Gasteiger partial charge in [0.05, 0.1) is 19.3 Å². The Labute approximate surface area is 139 Å². The predicted molar refractivity (Wildman–Crippen MR) is 88.1 cm³/mol. The van der Waals surface area contributed by atoms with Gasteiger partial charge in [-0.05, 0) is 24.3 Å². The maximum atomic E-state index is 11.9. The first kappa shape index (κ1) is 15.8. The highest BCUT2D eigenvalue weighted by atomic mass is 16.7. The van der Waals surface area contributed by atoms with Crippen molar-refractivity contribution in [1.29, 1.82) is 0 Å². The number of amides is 2. The third-order valence-electron chi connectivity index (χ3n) is 3.36. The Bertz CT molecular complexity index is 720. The Morgan fingerprint density at radius 1 is 1.17 bits per heavy atom. The molecule has 1 aliphatic rings. The Morgan fingerprint density at radius 3 is 2.88 bits per heavy atom. The van der Waals surface area contributed by atoms with E-state index in [0.29, 0.717) is 41.8 Å². The molecule has 0 radical (unpaired) electrons. The van der Waals surface area contributed by atoms with Crippen molar-refractivity contribution in [2.45, 2.75) is 0 Å². The van der Waals surface area contributed by atoms with Crippen LogP contribution in [-0.4, -0.2) is 33.1 Å². The minimum absolute atomic E-state index is 0.226. The summed E-state index contributed by atoms with van der Waals surface area (Å²) in [7, 11) is 1.55. The molecule has 0 saturated carbocycles. The van der Waals surface area contributed by atoms with Gasteiger partial charge in [-0.2, -0.15) is 0 Å². The van der Waals surface area contributed by atoms with Crippen LogP contribution in [0.15, 0.2) is 42.5 Å². The van der Waals surface area contributed by atoms with Crippen LogP contribution in [0.1, 0.15) is 0 Å². The largest absolute Gasteiger partial charge is 0.495 e. The highest BCUT2D eigenvalue weighted by Gasteiger charge is 2.13. The second-order valence-corrected chi connectivity index (χ2v) is 4.94. The fourth-order valence-electron chi connectivity index (χ4n) is 2.21. The Balaban J connectivity index is 1.42. The number of fused-ring (bicyclic) bond motifs is 1. The molecule has 1 aliphatic heterocycles. The topological polar surface area (TPSA) is 78.1 Å². The maximum absolute atomic E-state index is 11.9. The van der Waals surface area contributed by atoms with Crippen molar-refractivity contribution in [3.8, 4) is 23.0 Å². The molecule has 2 N–H and O–H groups in total. The molecule has 3 rings (SSSR count). The summed E-state index contributed by atoms with van der Waals surface area (Å²) in [6.07, 6.45) is 0. The second kappa shape index (κ2) is 7.45. The van der Waals surface area contributed by atoms with Gasteiger partial charge in [-0.15, -0.1) is 0 Å². The Morgan fingerprint density at radius 2 is 2.00 bits per heavy atom. The molecule has 0 saturated heterocycles. The molecule has 0 unspecified atom stereocenters. The number of hydrogen-bond donors (Lipinski definition) is 2. The molecule has 0 atom stereocenters. The van der Waals surface area contributed by atoms with Gasteiger partial charge < -0.3 is 29.6 Å². The van der Waals surface area contributed by atoms with Crippen LogP contribution in [0, 0.1) is 0 Å². The molecule has 0 fully saturated rings. The van der Waals surface area contributed by atoms with Gasteiger partial charge in [-0.3, -0.25) is 0 Å². The lowest BCUT2D eigenvalue weighted by Gasteiger charge is -2.11. The van der Waals surface area contributed by atoms with E-state index in [0.717, 1.165) is 0 Å². The van der Waals surface area contributed by atoms with Gasteiger partial charge in [0, 0.05) is 6.07 Å². The summed E-state index contributed by atoms with van der Waals surface area (Å²) in [4.78, 5) is 11.9. The summed E-state index contributed by atoms with van der Waals surface area (Å²) < 4.78 is 21.3. The van der Waals surface area contributed by atoms with E-state index >= 15 is 0 Å². The quantitative estimate of drug-likeness (QED) is 0.796. The molecule has 2 aromatic rings. The summed E-state index contributed by atoms with van der Waals surface area (Å²) in [6, 6.07) is 12.2. The van der Waals surface area contributed by atoms with E-state index < -0.39 is 0 Å². The third-order valence-corrected chi connectivity index (χ3v) is 3.36. The monoisotopic (exact) mass is 330 g/mol. The van der Waals surface area contributed by atoms with E-state index in [1.807, 2.05) is 12.1 Å². The zero-order valence-electron chi connectivity index (χ0n) is 13.2. The van der Waals surface area contributed by atoms with E-state index in [2.05, 4.69) is 10.6 Å². The summed E-state index contributed by atoms with van der Waals surface area (Å²) in [5.74, 6) is 2.63.